The Bertz CT molecular complexity index is 1610. The fraction of sp³-hybridized carbons (Fsp3) is 0. The third-order valence-electron chi connectivity index (χ3n) is 5.16. The molecule has 0 saturated carbocycles. The molecule has 2 aromatic heterocycles. The van der Waals surface area contributed by atoms with Gasteiger partial charge >= 0.3 is 0 Å². The summed E-state index contributed by atoms with van der Waals surface area (Å²) in [7, 11) is 0. The van der Waals surface area contributed by atoms with Gasteiger partial charge in [0, 0.05) is 28.4 Å². The van der Waals surface area contributed by atoms with Gasteiger partial charge in [0.1, 0.15) is 22.8 Å². The molecule has 0 aliphatic rings. The summed E-state index contributed by atoms with van der Waals surface area (Å²) in [4.78, 5) is 16.6. The molecule has 0 fully saturated rings. The van der Waals surface area contributed by atoms with Gasteiger partial charge in [-0.2, -0.15) is 0 Å². The molecule has 9 heteroatoms. The molecule has 0 aliphatic carbocycles. The quantitative estimate of drug-likeness (QED) is 0.178. The van der Waals surface area contributed by atoms with Gasteiger partial charge in [-0.1, -0.05) is 41.9 Å². The van der Waals surface area contributed by atoms with Gasteiger partial charge in [-0.15, -0.1) is 0 Å². The van der Waals surface area contributed by atoms with Gasteiger partial charge in [-0.05, 0) is 60.8 Å². The number of phenolic OH excluding ortho intramolecular Hbond substituents is 1. The van der Waals surface area contributed by atoms with Gasteiger partial charge in [0.05, 0.1) is 5.56 Å². The number of carbonyl (C=O) groups is 1. The summed E-state index contributed by atoms with van der Waals surface area (Å²) in [5, 5.41) is 16.5. The first kappa shape index (κ1) is 23.3. The molecule has 1 amide bonds. The van der Waals surface area contributed by atoms with E-state index in [-0.39, 0.29) is 16.8 Å². The van der Waals surface area contributed by atoms with Crippen molar-refractivity contribution in [1.82, 2.24) is 10.3 Å². The first-order chi connectivity index (χ1) is 17.4. The summed E-state index contributed by atoms with van der Waals surface area (Å²) >= 11 is 11.2. The summed E-state index contributed by atoms with van der Waals surface area (Å²) in [6, 6.07) is 23.1. The molecule has 0 atom stereocenters. The van der Waals surface area contributed by atoms with E-state index in [1.807, 2.05) is 36.4 Å². The number of nitrogens with zero attached hydrogens (tertiary/aromatic N) is 1. The maximum absolute atomic E-state index is 12.3. The second kappa shape index (κ2) is 10.1. The van der Waals surface area contributed by atoms with E-state index in [2.05, 4.69) is 15.6 Å². The van der Waals surface area contributed by atoms with E-state index >= 15 is 0 Å². The van der Waals surface area contributed by atoms with E-state index in [0.29, 0.717) is 38.9 Å². The first-order valence-electron chi connectivity index (χ1n) is 10.8. The van der Waals surface area contributed by atoms with Crippen LogP contribution in [0.5, 0.6) is 5.75 Å². The summed E-state index contributed by atoms with van der Waals surface area (Å²) in [5.41, 5.74) is 2.96. The molecule has 36 heavy (non-hydrogen) atoms. The number of hydrogen-bond acceptors (Lipinski definition) is 6. The zero-order valence-electron chi connectivity index (χ0n) is 18.6. The Morgan fingerprint density at radius 2 is 1.83 bits per heavy atom. The van der Waals surface area contributed by atoms with Crippen molar-refractivity contribution < 1.29 is 18.7 Å². The number of hydrogen-bond donors (Lipinski definition) is 3. The highest BCUT2D eigenvalue weighted by atomic mass is 35.5. The minimum Gasteiger partial charge on any atom is -0.507 e. The molecule has 3 aromatic carbocycles. The van der Waals surface area contributed by atoms with Crippen molar-refractivity contribution in [2.45, 2.75) is 0 Å². The zero-order chi connectivity index (χ0) is 25.1. The number of nitrogens with one attached hydrogen (secondary N) is 2. The van der Waals surface area contributed by atoms with E-state index in [9.17, 15) is 9.90 Å². The van der Waals surface area contributed by atoms with Crippen molar-refractivity contribution in [2.75, 3.05) is 5.32 Å². The molecule has 7 nitrogen and oxygen atoms in total. The third-order valence-corrected chi connectivity index (χ3v) is 5.60. The van der Waals surface area contributed by atoms with E-state index in [1.54, 1.807) is 42.5 Å². The van der Waals surface area contributed by atoms with Crippen LogP contribution < -0.4 is 10.6 Å². The lowest BCUT2D eigenvalue weighted by Crippen LogP contribution is -2.32. The lowest BCUT2D eigenvalue weighted by Gasteiger charge is -2.09. The number of fused-ring (bicyclic) bond motifs is 1. The van der Waals surface area contributed by atoms with Crippen LogP contribution in [0, 0.1) is 0 Å². The van der Waals surface area contributed by atoms with Crippen LogP contribution in [-0.2, 0) is 4.79 Å². The van der Waals surface area contributed by atoms with Gasteiger partial charge in [0.25, 0.3) is 0 Å². The van der Waals surface area contributed by atoms with Crippen LogP contribution in [0.1, 0.15) is 5.76 Å². The Morgan fingerprint density at radius 3 is 2.64 bits per heavy atom. The molecule has 0 aliphatic heterocycles. The number of benzene rings is 3. The molecule has 5 aromatic rings. The monoisotopic (exact) mass is 515 g/mol. The largest absolute Gasteiger partial charge is 0.507 e. The van der Waals surface area contributed by atoms with E-state index in [1.165, 1.54) is 12.1 Å². The molecule has 0 radical (unpaired) electrons. The molecular formula is C27H18ClN3O4S. The van der Waals surface area contributed by atoms with Crippen molar-refractivity contribution in [3.63, 3.8) is 0 Å². The van der Waals surface area contributed by atoms with Gasteiger partial charge in [0.2, 0.25) is 11.8 Å². The smallest absolute Gasteiger partial charge is 0.250 e. The number of thiocarbonyl (C=S) groups is 1. The van der Waals surface area contributed by atoms with Crippen molar-refractivity contribution in [3.05, 3.63) is 95.7 Å². The molecule has 2 heterocycles. The fourth-order valence-corrected chi connectivity index (χ4v) is 3.86. The predicted molar refractivity (Wildman–Crippen MR) is 144 cm³/mol. The van der Waals surface area contributed by atoms with Crippen molar-refractivity contribution in [3.8, 4) is 28.5 Å². The van der Waals surface area contributed by atoms with Crippen LogP contribution in [0.2, 0.25) is 5.02 Å². The second-order valence-corrected chi connectivity index (χ2v) is 8.55. The Kier molecular flexibility index (Phi) is 6.53. The lowest BCUT2D eigenvalue weighted by molar-refractivity contribution is -0.115. The zero-order valence-corrected chi connectivity index (χ0v) is 20.1. The molecule has 0 saturated heterocycles. The summed E-state index contributed by atoms with van der Waals surface area (Å²) in [6.45, 7) is 0. The van der Waals surface area contributed by atoms with Crippen LogP contribution in [0.15, 0.2) is 93.8 Å². The summed E-state index contributed by atoms with van der Waals surface area (Å²) in [6.07, 6.45) is 2.88. The molecule has 178 valence electrons. The number of halogens is 1. The van der Waals surface area contributed by atoms with Crippen LogP contribution in [0.3, 0.4) is 0 Å². The normalized spacial score (nSPS) is 11.1. The average Bonchev–Trinajstić information content (AvgIpc) is 3.50. The number of aromatic nitrogens is 1. The van der Waals surface area contributed by atoms with Gasteiger partial charge in [0.15, 0.2) is 10.7 Å². The lowest BCUT2D eigenvalue weighted by atomic mass is 10.2. The number of amides is 1. The van der Waals surface area contributed by atoms with Crippen molar-refractivity contribution >= 4 is 57.7 Å². The van der Waals surface area contributed by atoms with Crippen LogP contribution >= 0.6 is 23.8 Å². The summed E-state index contributed by atoms with van der Waals surface area (Å²) in [5.74, 6) is 0.989. The number of phenols is 1. The average molecular weight is 516 g/mol. The Morgan fingerprint density at radius 1 is 1.00 bits per heavy atom. The standard InChI is InChI=1S/C27H18ClN3O4S/c28-17-6-11-24-21(14-17)30-26(35-24)20-10-7-18(15-22(20)32)29-27(36)31-25(33)13-9-19-8-12-23(34-19)16-4-2-1-3-5-16/h1-15,32H,(H2,29,31,33,36)/b13-9+. The molecular weight excluding hydrogens is 498 g/mol. The fourth-order valence-electron chi connectivity index (χ4n) is 3.48. The van der Waals surface area contributed by atoms with Crippen LogP contribution in [0.25, 0.3) is 40.0 Å². The van der Waals surface area contributed by atoms with Crippen molar-refractivity contribution in [1.29, 1.82) is 0 Å². The molecule has 5 rings (SSSR count). The highest BCUT2D eigenvalue weighted by molar-refractivity contribution is 7.80. The highest BCUT2D eigenvalue weighted by Gasteiger charge is 2.14. The minimum atomic E-state index is -0.434. The van der Waals surface area contributed by atoms with E-state index < -0.39 is 5.91 Å². The van der Waals surface area contributed by atoms with Gasteiger partial charge in [-0.25, -0.2) is 4.98 Å². The second-order valence-electron chi connectivity index (χ2n) is 7.71. The van der Waals surface area contributed by atoms with E-state index in [0.717, 1.165) is 5.56 Å². The SMILES string of the molecule is O=C(/C=C/c1ccc(-c2ccccc2)o1)NC(=S)Nc1ccc(-c2nc3cc(Cl)ccc3o2)c(O)c1. The number of anilines is 1. The number of rotatable bonds is 5. The maximum atomic E-state index is 12.3. The third kappa shape index (κ3) is 5.30. The maximum Gasteiger partial charge on any atom is 0.250 e. The Balaban J connectivity index is 1.20. The molecule has 0 spiro atoms. The van der Waals surface area contributed by atoms with Gasteiger partial charge in [-0.3, -0.25) is 10.1 Å². The van der Waals surface area contributed by atoms with E-state index in [4.69, 9.17) is 32.7 Å². The minimum absolute atomic E-state index is 0.0673. The predicted octanol–water partition coefficient (Wildman–Crippen LogP) is 6.64. The molecule has 0 unspecified atom stereocenters. The number of carbonyl (C=O) groups excluding carboxylic acids is 1. The Hall–Kier alpha value is -4.40. The Labute approximate surface area is 216 Å². The topological polar surface area (TPSA) is 101 Å². The number of aromatic hydroxyl groups is 1. The highest BCUT2D eigenvalue weighted by Crippen LogP contribution is 2.33. The number of furan rings is 1. The first-order valence-corrected chi connectivity index (χ1v) is 11.6. The summed E-state index contributed by atoms with van der Waals surface area (Å²) < 4.78 is 11.4. The number of oxazole rings is 1. The van der Waals surface area contributed by atoms with Crippen LogP contribution in [-0.4, -0.2) is 21.1 Å². The van der Waals surface area contributed by atoms with Gasteiger partial charge < -0.3 is 19.3 Å². The van der Waals surface area contributed by atoms with Crippen LogP contribution in [0.4, 0.5) is 5.69 Å². The van der Waals surface area contributed by atoms with Crippen molar-refractivity contribution in [2.24, 2.45) is 0 Å². The molecule has 3 N–H and O–H groups in total. The molecule has 0 bridgehead atoms.